The van der Waals surface area contributed by atoms with Crippen molar-refractivity contribution in [2.45, 2.75) is 32.2 Å². The highest BCUT2D eigenvalue weighted by molar-refractivity contribution is 7.14. The van der Waals surface area contributed by atoms with E-state index in [4.69, 9.17) is 0 Å². The summed E-state index contributed by atoms with van der Waals surface area (Å²) in [6.45, 7) is 3.14. The third kappa shape index (κ3) is 2.76. The SMILES string of the molecule is Cc1ccccc1-c1nnc(CCNC2CC2)s1. The summed E-state index contributed by atoms with van der Waals surface area (Å²) in [5.41, 5.74) is 2.47. The summed E-state index contributed by atoms with van der Waals surface area (Å²) in [4.78, 5) is 0. The molecule has 0 atom stereocenters. The third-order valence-corrected chi connectivity index (χ3v) is 4.21. The molecule has 0 radical (unpaired) electrons. The molecule has 0 spiro atoms. The molecular formula is C14H17N3S. The van der Waals surface area contributed by atoms with Crippen molar-refractivity contribution in [3.63, 3.8) is 0 Å². The predicted molar refractivity (Wildman–Crippen MR) is 74.8 cm³/mol. The Morgan fingerprint density at radius 2 is 2.11 bits per heavy atom. The molecule has 1 aromatic carbocycles. The van der Waals surface area contributed by atoms with Gasteiger partial charge in [0.15, 0.2) is 0 Å². The molecule has 3 rings (SSSR count). The molecule has 1 aromatic heterocycles. The van der Waals surface area contributed by atoms with Gasteiger partial charge in [-0.2, -0.15) is 0 Å². The fraction of sp³-hybridized carbons (Fsp3) is 0.429. The topological polar surface area (TPSA) is 37.8 Å². The van der Waals surface area contributed by atoms with Crippen molar-refractivity contribution < 1.29 is 0 Å². The van der Waals surface area contributed by atoms with Gasteiger partial charge in [0.25, 0.3) is 0 Å². The van der Waals surface area contributed by atoms with Crippen LogP contribution in [0.25, 0.3) is 10.6 Å². The second-order valence-corrected chi connectivity index (χ2v) is 5.86. The molecule has 1 aliphatic rings. The Morgan fingerprint density at radius 1 is 1.28 bits per heavy atom. The van der Waals surface area contributed by atoms with E-state index in [2.05, 4.69) is 46.7 Å². The zero-order valence-corrected chi connectivity index (χ0v) is 11.3. The Labute approximate surface area is 111 Å². The molecule has 3 nitrogen and oxygen atoms in total. The lowest BCUT2D eigenvalue weighted by molar-refractivity contribution is 0.677. The normalized spacial score (nSPS) is 14.9. The highest BCUT2D eigenvalue weighted by Crippen LogP contribution is 2.26. The number of hydrogen-bond donors (Lipinski definition) is 1. The number of rotatable bonds is 5. The number of aryl methyl sites for hydroxylation is 1. The lowest BCUT2D eigenvalue weighted by Gasteiger charge is -1.99. The standard InChI is InChI=1S/C14H17N3S/c1-10-4-2-3-5-12(10)14-17-16-13(18-14)8-9-15-11-6-7-11/h2-5,11,15H,6-9H2,1H3. The largest absolute Gasteiger partial charge is 0.314 e. The minimum atomic E-state index is 0.772. The van der Waals surface area contributed by atoms with Crippen molar-refractivity contribution in [3.8, 4) is 10.6 Å². The Balaban J connectivity index is 1.66. The summed E-state index contributed by atoms with van der Waals surface area (Å²) in [6, 6.07) is 9.11. The summed E-state index contributed by atoms with van der Waals surface area (Å²) in [5.74, 6) is 0. The van der Waals surface area contributed by atoms with Crippen LogP contribution in [-0.2, 0) is 6.42 Å². The fourth-order valence-corrected chi connectivity index (χ4v) is 2.88. The number of benzene rings is 1. The minimum Gasteiger partial charge on any atom is -0.314 e. The maximum absolute atomic E-state index is 4.30. The Morgan fingerprint density at radius 3 is 2.89 bits per heavy atom. The zero-order valence-electron chi connectivity index (χ0n) is 10.5. The molecule has 1 heterocycles. The number of nitrogens with zero attached hydrogens (tertiary/aromatic N) is 2. The van der Waals surface area contributed by atoms with Gasteiger partial charge in [0.1, 0.15) is 10.0 Å². The minimum absolute atomic E-state index is 0.772. The van der Waals surface area contributed by atoms with Crippen LogP contribution in [0.2, 0.25) is 0 Å². The number of hydrogen-bond acceptors (Lipinski definition) is 4. The van der Waals surface area contributed by atoms with Crippen LogP contribution in [0.15, 0.2) is 24.3 Å². The van der Waals surface area contributed by atoms with Crippen molar-refractivity contribution in [2.24, 2.45) is 0 Å². The second kappa shape index (κ2) is 5.16. The highest BCUT2D eigenvalue weighted by atomic mass is 32.1. The van der Waals surface area contributed by atoms with Gasteiger partial charge in [-0.1, -0.05) is 35.6 Å². The van der Waals surface area contributed by atoms with E-state index in [1.165, 1.54) is 24.0 Å². The molecule has 94 valence electrons. The molecular weight excluding hydrogens is 242 g/mol. The summed E-state index contributed by atoms with van der Waals surface area (Å²) in [6.07, 6.45) is 3.66. The molecule has 0 amide bonds. The van der Waals surface area contributed by atoms with Crippen LogP contribution in [0.5, 0.6) is 0 Å². The lowest BCUT2D eigenvalue weighted by Crippen LogP contribution is -2.19. The third-order valence-electron chi connectivity index (χ3n) is 3.19. The van der Waals surface area contributed by atoms with Crippen molar-refractivity contribution in [1.82, 2.24) is 15.5 Å². The van der Waals surface area contributed by atoms with Gasteiger partial charge in [-0.15, -0.1) is 10.2 Å². The predicted octanol–water partition coefficient (Wildman–Crippen LogP) is 2.81. The first kappa shape index (κ1) is 11.8. The van der Waals surface area contributed by atoms with Gasteiger partial charge in [0.2, 0.25) is 0 Å². The van der Waals surface area contributed by atoms with Gasteiger partial charge >= 0.3 is 0 Å². The Hall–Kier alpha value is -1.26. The first-order valence-electron chi connectivity index (χ1n) is 6.45. The van der Waals surface area contributed by atoms with E-state index in [9.17, 15) is 0 Å². The van der Waals surface area contributed by atoms with Crippen LogP contribution in [0.4, 0.5) is 0 Å². The van der Waals surface area contributed by atoms with Crippen molar-refractivity contribution in [2.75, 3.05) is 6.54 Å². The van der Waals surface area contributed by atoms with E-state index >= 15 is 0 Å². The average Bonchev–Trinajstić information content (AvgIpc) is 3.08. The van der Waals surface area contributed by atoms with Crippen molar-refractivity contribution >= 4 is 11.3 Å². The van der Waals surface area contributed by atoms with Gasteiger partial charge in [-0.25, -0.2) is 0 Å². The van der Waals surface area contributed by atoms with Crippen molar-refractivity contribution in [3.05, 3.63) is 34.8 Å². The maximum Gasteiger partial charge on any atom is 0.148 e. The molecule has 4 heteroatoms. The maximum atomic E-state index is 4.30. The molecule has 1 N–H and O–H groups in total. The molecule has 2 aromatic rings. The second-order valence-electron chi connectivity index (χ2n) is 4.79. The van der Waals surface area contributed by atoms with Crippen LogP contribution in [0.3, 0.4) is 0 Å². The number of aromatic nitrogens is 2. The number of nitrogens with one attached hydrogen (secondary N) is 1. The quantitative estimate of drug-likeness (QED) is 0.897. The smallest absolute Gasteiger partial charge is 0.148 e. The Kier molecular flexibility index (Phi) is 3.39. The van der Waals surface area contributed by atoms with E-state index in [-0.39, 0.29) is 0 Å². The highest BCUT2D eigenvalue weighted by Gasteiger charge is 2.19. The molecule has 0 saturated heterocycles. The van der Waals surface area contributed by atoms with Gasteiger partial charge in [0, 0.05) is 24.6 Å². The lowest BCUT2D eigenvalue weighted by atomic mass is 10.1. The van der Waals surface area contributed by atoms with E-state index < -0.39 is 0 Å². The van der Waals surface area contributed by atoms with Gasteiger partial charge in [0.05, 0.1) is 0 Å². The van der Waals surface area contributed by atoms with E-state index in [1.807, 2.05) is 0 Å². The summed E-state index contributed by atoms with van der Waals surface area (Å²) in [7, 11) is 0. The molecule has 1 aliphatic carbocycles. The molecule has 1 fully saturated rings. The molecule has 18 heavy (non-hydrogen) atoms. The monoisotopic (exact) mass is 259 g/mol. The van der Waals surface area contributed by atoms with Crippen LogP contribution in [0.1, 0.15) is 23.4 Å². The average molecular weight is 259 g/mol. The molecule has 1 saturated carbocycles. The van der Waals surface area contributed by atoms with Gasteiger partial charge in [-0.3, -0.25) is 0 Å². The van der Waals surface area contributed by atoms with Gasteiger partial charge in [-0.05, 0) is 25.3 Å². The summed E-state index contributed by atoms with van der Waals surface area (Å²) >= 11 is 1.71. The van der Waals surface area contributed by atoms with E-state index in [1.54, 1.807) is 11.3 Å². The molecule has 0 unspecified atom stereocenters. The zero-order chi connectivity index (χ0) is 12.4. The van der Waals surface area contributed by atoms with E-state index in [0.717, 1.165) is 29.0 Å². The molecule has 0 bridgehead atoms. The van der Waals surface area contributed by atoms with Crippen LogP contribution in [-0.4, -0.2) is 22.8 Å². The van der Waals surface area contributed by atoms with Crippen LogP contribution < -0.4 is 5.32 Å². The first-order chi connectivity index (χ1) is 8.83. The first-order valence-corrected chi connectivity index (χ1v) is 7.26. The van der Waals surface area contributed by atoms with E-state index in [0.29, 0.717) is 0 Å². The summed E-state index contributed by atoms with van der Waals surface area (Å²) in [5, 5.41) is 14.2. The molecule has 0 aliphatic heterocycles. The van der Waals surface area contributed by atoms with Crippen LogP contribution in [0, 0.1) is 6.92 Å². The van der Waals surface area contributed by atoms with Crippen LogP contribution >= 0.6 is 11.3 Å². The fourth-order valence-electron chi connectivity index (χ4n) is 1.95. The summed E-state index contributed by atoms with van der Waals surface area (Å²) < 4.78 is 0. The Bertz CT molecular complexity index is 531. The van der Waals surface area contributed by atoms with Gasteiger partial charge < -0.3 is 5.32 Å². The van der Waals surface area contributed by atoms with Crippen molar-refractivity contribution in [1.29, 1.82) is 0 Å².